The summed E-state index contributed by atoms with van der Waals surface area (Å²) in [5.41, 5.74) is 5.80. The Hall–Kier alpha value is -0.610. The SMILES string of the molecule is CC1(C)CCCN(CC(N)C(=O)O)C1. The Kier molecular flexibility index (Phi) is 3.50. The number of carboxylic acids is 1. The molecule has 3 N–H and O–H groups in total. The third kappa shape index (κ3) is 3.27. The first-order chi connectivity index (χ1) is 6.41. The number of carboxylic acid groups (broad SMARTS) is 1. The van der Waals surface area contributed by atoms with Crippen LogP contribution in [0.15, 0.2) is 0 Å². The first-order valence-corrected chi connectivity index (χ1v) is 5.11. The Bertz CT molecular complexity index is 216. The average molecular weight is 200 g/mol. The van der Waals surface area contributed by atoms with Crippen LogP contribution in [0.5, 0.6) is 0 Å². The highest BCUT2D eigenvalue weighted by atomic mass is 16.4. The Morgan fingerprint density at radius 1 is 1.64 bits per heavy atom. The minimum Gasteiger partial charge on any atom is -0.480 e. The molecule has 1 rings (SSSR count). The third-order valence-corrected chi connectivity index (χ3v) is 2.75. The molecule has 82 valence electrons. The molecular weight excluding hydrogens is 180 g/mol. The van der Waals surface area contributed by atoms with Crippen molar-refractivity contribution < 1.29 is 9.90 Å². The molecule has 1 atom stereocenters. The highest BCUT2D eigenvalue weighted by molar-refractivity contribution is 5.73. The lowest BCUT2D eigenvalue weighted by molar-refractivity contribution is -0.139. The molecule has 1 fully saturated rings. The van der Waals surface area contributed by atoms with E-state index in [0.29, 0.717) is 12.0 Å². The summed E-state index contributed by atoms with van der Waals surface area (Å²) in [6.07, 6.45) is 2.35. The highest BCUT2D eigenvalue weighted by Crippen LogP contribution is 2.28. The molecule has 4 heteroatoms. The van der Waals surface area contributed by atoms with Crippen molar-refractivity contribution in [2.45, 2.75) is 32.7 Å². The van der Waals surface area contributed by atoms with Gasteiger partial charge in [0.05, 0.1) is 0 Å². The zero-order valence-electron chi connectivity index (χ0n) is 8.99. The normalized spacial score (nSPS) is 24.5. The summed E-state index contributed by atoms with van der Waals surface area (Å²) in [5.74, 6) is -0.909. The second-order valence-corrected chi connectivity index (χ2v) is 4.95. The predicted octanol–water partition coefficient (Wildman–Crippen LogP) is 0.520. The summed E-state index contributed by atoms with van der Waals surface area (Å²) in [5, 5.41) is 8.69. The van der Waals surface area contributed by atoms with Gasteiger partial charge in [-0.15, -0.1) is 0 Å². The van der Waals surface area contributed by atoms with Crippen molar-refractivity contribution in [3.05, 3.63) is 0 Å². The maximum absolute atomic E-state index is 10.6. The lowest BCUT2D eigenvalue weighted by Crippen LogP contribution is -2.48. The van der Waals surface area contributed by atoms with Crippen molar-refractivity contribution >= 4 is 5.97 Å². The molecule has 0 aromatic heterocycles. The van der Waals surface area contributed by atoms with Crippen molar-refractivity contribution in [3.8, 4) is 0 Å². The fourth-order valence-electron chi connectivity index (χ4n) is 2.06. The van der Waals surface area contributed by atoms with Gasteiger partial charge in [0.2, 0.25) is 0 Å². The summed E-state index contributed by atoms with van der Waals surface area (Å²) in [7, 11) is 0. The highest BCUT2D eigenvalue weighted by Gasteiger charge is 2.28. The molecule has 1 heterocycles. The number of rotatable bonds is 3. The molecule has 0 aromatic rings. The van der Waals surface area contributed by atoms with E-state index >= 15 is 0 Å². The second kappa shape index (κ2) is 4.28. The first kappa shape index (κ1) is 11.5. The summed E-state index contributed by atoms with van der Waals surface area (Å²) in [6, 6.07) is -0.746. The maximum atomic E-state index is 10.6. The second-order valence-electron chi connectivity index (χ2n) is 4.95. The van der Waals surface area contributed by atoms with Crippen LogP contribution >= 0.6 is 0 Å². The number of nitrogens with two attached hydrogens (primary N) is 1. The van der Waals surface area contributed by atoms with Gasteiger partial charge in [-0.05, 0) is 24.8 Å². The largest absolute Gasteiger partial charge is 0.480 e. The minimum atomic E-state index is -0.909. The zero-order chi connectivity index (χ0) is 10.8. The van der Waals surface area contributed by atoms with Gasteiger partial charge < -0.3 is 15.7 Å². The number of hydrogen-bond acceptors (Lipinski definition) is 3. The standard InChI is InChI=1S/C10H20N2O2/c1-10(2)4-3-5-12(7-10)6-8(11)9(13)14/h8H,3-7,11H2,1-2H3,(H,13,14). The van der Waals surface area contributed by atoms with E-state index in [2.05, 4.69) is 18.7 Å². The molecule has 0 radical (unpaired) electrons. The average Bonchev–Trinajstić information content (AvgIpc) is 2.01. The molecule has 0 aromatic carbocycles. The van der Waals surface area contributed by atoms with Crippen LogP contribution in [0.1, 0.15) is 26.7 Å². The zero-order valence-corrected chi connectivity index (χ0v) is 8.99. The van der Waals surface area contributed by atoms with E-state index < -0.39 is 12.0 Å². The van der Waals surface area contributed by atoms with Gasteiger partial charge >= 0.3 is 5.97 Å². The van der Waals surface area contributed by atoms with E-state index in [9.17, 15) is 4.79 Å². The van der Waals surface area contributed by atoms with E-state index in [0.717, 1.165) is 19.5 Å². The molecule has 0 bridgehead atoms. The van der Waals surface area contributed by atoms with Crippen LogP contribution in [0.25, 0.3) is 0 Å². The van der Waals surface area contributed by atoms with E-state index in [-0.39, 0.29) is 0 Å². The van der Waals surface area contributed by atoms with Crippen molar-refractivity contribution in [2.24, 2.45) is 11.1 Å². The number of nitrogens with zero attached hydrogens (tertiary/aromatic N) is 1. The fourth-order valence-corrected chi connectivity index (χ4v) is 2.06. The van der Waals surface area contributed by atoms with Crippen LogP contribution in [-0.4, -0.2) is 41.7 Å². The monoisotopic (exact) mass is 200 g/mol. The Morgan fingerprint density at radius 2 is 2.29 bits per heavy atom. The number of aliphatic carboxylic acids is 1. The van der Waals surface area contributed by atoms with Crippen molar-refractivity contribution in [2.75, 3.05) is 19.6 Å². The molecule has 1 saturated heterocycles. The molecule has 0 saturated carbocycles. The molecule has 0 spiro atoms. The van der Waals surface area contributed by atoms with Crippen molar-refractivity contribution in [1.29, 1.82) is 0 Å². The van der Waals surface area contributed by atoms with Crippen molar-refractivity contribution in [3.63, 3.8) is 0 Å². The van der Waals surface area contributed by atoms with Crippen LogP contribution in [-0.2, 0) is 4.79 Å². The van der Waals surface area contributed by atoms with E-state index in [1.807, 2.05) is 0 Å². The van der Waals surface area contributed by atoms with Crippen molar-refractivity contribution in [1.82, 2.24) is 4.90 Å². The van der Waals surface area contributed by atoms with Gasteiger partial charge in [-0.3, -0.25) is 4.79 Å². The van der Waals surface area contributed by atoms with Crippen LogP contribution in [0, 0.1) is 5.41 Å². The maximum Gasteiger partial charge on any atom is 0.321 e. The fraction of sp³-hybridized carbons (Fsp3) is 0.900. The summed E-state index contributed by atoms with van der Waals surface area (Å²) >= 11 is 0. The summed E-state index contributed by atoms with van der Waals surface area (Å²) < 4.78 is 0. The van der Waals surface area contributed by atoms with Crippen LogP contribution < -0.4 is 5.73 Å². The van der Waals surface area contributed by atoms with E-state index in [4.69, 9.17) is 10.8 Å². The molecule has 1 aliphatic rings. The van der Waals surface area contributed by atoms with Gasteiger partial charge in [-0.25, -0.2) is 0 Å². The Balaban J connectivity index is 2.42. The van der Waals surface area contributed by atoms with Crippen LogP contribution in [0.2, 0.25) is 0 Å². The molecule has 1 aliphatic heterocycles. The number of likely N-dealkylation sites (tertiary alicyclic amines) is 1. The third-order valence-electron chi connectivity index (χ3n) is 2.75. The number of carbonyl (C=O) groups is 1. The molecule has 14 heavy (non-hydrogen) atoms. The molecule has 1 unspecified atom stereocenters. The summed E-state index contributed by atoms with van der Waals surface area (Å²) in [4.78, 5) is 12.7. The summed E-state index contributed by atoms with van der Waals surface area (Å²) in [6.45, 7) is 6.83. The quantitative estimate of drug-likeness (QED) is 0.697. The number of hydrogen-bond donors (Lipinski definition) is 2. The molecule has 4 nitrogen and oxygen atoms in total. The molecule has 0 aliphatic carbocycles. The van der Waals surface area contributed by atoms with E-state index in [1.54, 1.807) is 0 Å². The van der Waals surface area contributed by atoms with E-state index in [1.165, 1.54) is 6.42 Å². The lowest BCUT2D eigenvalue weighted by atomic mass is 9.84. The molecule has 0 amide bonds. The van der Waals surface area contributed by atoms with Gasteiger partial charge in [0.1, 0.15) is 6.04 Å². The lowest BCUT2D eigenvalue weighted by Gasteiger charge is -2.38. The molecular formula is C10H20N2O2. The van der Waals surface area contributed by atoms with Crippen LogP contribution in [0.4, 0.5) is 0 Å². The van der Waals surface area contributed by atoms with Gasteiger partial charge in [-0.1, -0.05) is 13.8 Å². The first-order valence-electron chi connectivity index (χ1n) is 5.11. The van der Waals surface area contributed by atoms with Crippen LogP contribution in [0.3, 0.4) is 0 Å². The minimum absolute atomic E-state index is 0.302. The van der Waals surface area contributed by atoms with Gasteiger partial charge in [0, 0.05) is 13.1 Å². The van der Waals surface area contributed by atoms with Gasteiger partial charge in [0.15, 0.2) is 0 Å². The number of piperidine rings is 1. The topological polar surface area (TPSA) is 66.6 Å². The Morgan fingerprint density at radius 3 is 2.79 bits per heavy atom. The predicted molar refractivity (Wildman–Crippen MR) is 55.1 cm³/mol. The van der Waals surface area contributed by atoms with Gasteiger partial charge in [0.25, 0.3) is 0 Å². The smallest absolute Gasteiger partial charge is 0.321 e. The Labute approximate surface area is 85.1 Å². The van der Waals surface area contributed by atoms with Gasteiger partial charge in [-0.2, -0.15) is 0 Å².